The van der Waals surface area contributed by atoms with E-state index in [9.17, 15) is 8.42 Å². The van der Waals surface area contributed by atoms with E-state index in [0.717, 1.165) is 31.9 Å². The van der Waals surface area contributed by atoms with Crippen molar-refractivity contribution in [1.29, 1.82) is 0 Å². The first kappa shape index (κ1) is 15.1. The zero-order valence-corrected chi connectivity index (χ0v) is 12.7. The Kier molecular flexibility index (Phi) is 4.45. The summed E-state index contributed by atoms with van der Waals surface area (Å²) in [5.74, 6) is -0.389. The van der Waals surface area contributed by atoms with Crippen molar-refractivity contribution >= 4 is 21.7 Å². The molecule has 1 aliphatic carbocycles. The maximum absolute atomic E-state index is 11.1. The largest absolute Gasteiger partial charge is 0.386 e. The Bertz CT molecular complexity index is 465. The predicted molar refractivity (Wildman–Crippen MR) is 71.1 cm³/mol. The molecule has 1 atom stereocenters. The molecule has 2 aliphatic rings. The quantitative estimate of drug-likeness (QED) is 0.592. The molecule has 5 nitrogen and oxygen atoms in total. The minimum atomic E-state index is -3.57. The molecule has 1 aliphatic heterocycles. The van der Waals surface area contributed by atoms with Crippen LogP contribution in [-0.4, -0.2) is 33.2 Å². The van der Waals surface area contributed by atoms with Crippen molar-refractivity contribution < 1.29 is 22.1 Å². The van der Waals surface area contributed by atoms with E-state index in [1.807, 2.05) is 0 Å². The average Bonchev–Trinajstić information content (AvgIpc) is 2.71. The van der Waals surface area contributed by atoms with Crippen LogP contribution in [0.15, 0.2) is 10.8 Å². The van der Waals surface area contributed by atoms with Gasteiger partial charge in [0.25, 0.3) is 0 Å². The molecular weight excluding hydrogens is 292 g/mol. The van der Waals surface area contributed by atoms with E-state index >= 15 is 0 Å². The van der Waals surface area contributed by atoms with Crippen molar-refractivity contribution in [2.24, 2.45) is 0 Å². The van der Waals surface area contributed by atoms with Crippen LogP contribution in [0.25, 0.3) is 0 Å². The van der Waals surface area contributed by atoms with Crippen LogP contribution in [0.2, 0.25) is 0 Å². The summed E-state index contributed by atoms with van der Waals surface area (Å²) in [5.41, 5.74) is 0. The first-order valence-electron chi connectivity index (χ1n) is 6.39. The Morgan fingerprint density at radius 3 is 2.53 bits per heavy atom. The van der Waals surface area contributed by atoms with Crippen LogP contribution >= 0.6 is 11.6 Å². The fourth-order valence-electron chi connectivity index (χ4n) is 2.53. The lowest BCUT2D eigenvalue weighted by molar-refractivity contribution is -0.183. The summed E-state index contributed by atoms with van der Waals surface area (Å²) >= 11 is 6.13. The third-order valence-electron chi connectivity index (χ3n) is 3.37. The molecule has 0 amide bonds. The van der Waals surface area contributed by atoms with Gasteiger partial charge in [-0.15, -0.1) is 0 Å². The minimum absolute atomic E-state index is 0.144. The van der Waals surface area contributed by atoms with Gasteiger partial charge in [0.1, 0.15) is 11.9 Å². The summed E-state index contributed by atoms with van der Waals surface area (Å²) in [6.07, 6.45) is 5.61. The maximum atomic E-state index is 11.1. The van der Waals surface area contributed by atoms with Crippen LogP contribution in [0.1, 0.15) is 39.0 Å². The van der Waals surface area contributed by atoms with E-state index in [1.54, 1.807) is 0 Å². The van der Waals surface area contributed by atoms with Gasteiger partial charge in [-0.2, -0.15) is 8.42 Å². The molecule has 19 heavy (non-hydrogen) atoms. The summed E-state index contributed by atoms with van der Waals surface area (Å²) in [4.78, 5) is 0. The maximum Gasteiger partial charge on any atom is 0.305 e. The number of halogens is 1. The minimum Gasteiger partial charge on any atom is -0.386 e. The van der Waals surface area contributed by atoms with Gasteiger partial charge in [-0.1, -0.05) is 18.0 Å². The van der Waals surface area contributed by atoms with E-state index < -0.39 is 22.0 Å². The Labute approximate surface area is 119 Å². The highest BCUT2D eigenvalue weighted by Gasteiger charge is 2.43. The number of ether oxygens (including phenoxy) is 2. The molecule has 1 saturated heterocycles. The second kappa shape index (κ2) is 5.60. The molecule has 0 radical (unpaired) electrons. The second-order valence-electron chi connectivity index (χ2n) is 5.08. The fourth-order valence-corrected chi connectivity index (χ4v) is 3.26. The number of allylic oxidation sites excluding steroid dienone is 1. The van der Waals surface area contributed by atoms with Crippen molar-refractivity contribution in [1.82, 2.24) is 0 Å². The first-order valence-corrected chi connectivity index (χ1v) is 8.58. The Hall–Kier alpha value is -0.300. The van der Waals surface area contributed by atoms with E-state index in [0.29, 0.717) is 6.61 Å². The molecule has 1 saturated carbocycles. The lowest BCUT2D eigenvalue weighted by Crippen LogP contribution is -2.33. The van der Waals surface area contributed by atoms with Gasteiger partial charge in [0.15, 0.2) is 5.79 Å². The zero-order valence-electron chi connectivity index (χ0n) is 11.1. The molecule has 1 unspecified atom stereocenters. The average molecular weight is 311 g/mol. The van der Waals surface area contributed by atoms with Crippen LogP contribution in [0, 0.1) is 0 Å². The van der Waals surface area contributed by atoms with Crippen LogP contribution in [0.4, 0.5) is 0 Å². The molecule has 110 valence electrons. The van der Waals surface area contributed by atoms with E-state index in [-0.39, 0.29) is 10.8 Å². The van der Waals surface area contributed by atoms with Crippen molar-refractivity contribution in [3.8, 4) is 0 Å². The highest BCUT2D eigenvalue weighted by atomic mass is 35.5. The van der Waals surface area contributed by atoms with Gasteiger partial charge in [0.2, 0.25) is 0 Å². The molecular formula is C12H19ClO5S. The van der Waals surface area contributed by atoms with E-state index in [1.165, 1.54) is 13.3 Å². The third-order valence-corrected chi connectivity index (χ3v) is 4.43. The molecule has 2 fully saturated rings. The molecule has 1 heterocycles. The summed E-state index contributed by atoms with van der Waals surface area (Å²) < 4.78 is 38.6. The summed E-state index contributed by atoms with van der Waals surface area (Å²) in [7, 11) is -3.57. The van der Waals surface area contributed by atoms with Gasteiger partial charge in [-0.25, -0.2) is 0 Å². The van der Waals surface area contributed by atoms with Crippen LogP contribution < -0.4 is 0 Å². The highest BCUT2D eigenvalue weighted by molar-refractivity contribution is 7.86. The first-order chi connectivity index (χ1) is 8.81. The lowest BCUT2D eigenvalue weighted by Gasteiger charge is -2.31. The summed E-state index contributed by atoms with van der Waals surface area (Å²) in [6, 6.07) is 0. The zero-order chi connectivity index (χ0) is 14.1. The van der Waals surface area contributed by atoms with Crippen LogP contribution in [0.3, 0.4) is 0 Å². The van der Waals surface area contributed by atoms with Crippen LogP contribution in [0.5, 0.6) is 0 Å². The summed E-state index contributed by atoms with van der Waals surface area (Å²) in [5, 5.41) is 0.257. The Morgan fingerprint density at radius 2 is 1.95 bits per heavy atom. The van der Waals surface area contributed by atoms with Gasteiger partial charge in [0.05, 0.1) is 17.9 Å². The number of hydrogen-bond donors (Lipinski definition) is 0. The predicted octanol–water partition coefficient (Wildman–Crippen LogP) is 2.51. The van der Waals surface area contributed by atoms with Crippen molar-refractivity contribution in [3.05, 3.63) is 10.8 Å². The number of rotatable bonds is 3. The van der Waals surface area contributed by atoms with Gasteiger partial charge >= 0.3 is 10.1 Å². The normalized spacial score (nSPS) is 28.3. The van der Waals surface area contributed by atoms with Crippen molar-refractivity contribution in [2.45, 2.75) is 50.9 Å². The van der Waals surface area contributed by atoms with Gasteiger partial charge in [-0.05, 0) is 19.8 Å². The fraction of sp³-hybridized carbons (Fsp3) is 0.833. The molecule has 0 aromatic carbocycles. The molecule has 2 rings (SSSR count). The lowest BCUT2D eigenvalue weighted by atomic mass is 9.94. The number of hydrogen-bond acceptors (Lipinski definition) is 5. The highest BCUT2D eigenvalue weighted by Crippen LogP contribution is 2.40. The van der Waals surface area contributed by atoms with Gasteiger partial charge in [0, 0.05) is 12.8 Å². The molecule has 0 N–H and O–H groups in total. The molecule has 0 bridgehead atoms. The van der Waals surface area contributed by atoms with Gasteiger partial charge < -0.3 is 13.7 Å². The van der Waals surface area contributed by atoms with Crippen molar-refractivity contribution in [2.75, 3.05) is 12.9 Å². The second-order valence-corrected chi connectivity index (χ2v) is 7.06. The molecule has 1 spiro atoms. The van der Waals surface area contributed by atoms with E-state index in [2.05, 4.69) is 0 Å². The van der Waals surface area contributed by atoms with Crippen LogP contribution in [-0.2, 0) is 23.8 Å². The Morgan fingerprint density at radius 1 is 1.32 bits per heavy atom. The summed E-state index contributed by atoms with van der Waals surface area (Å²) in [6.45, 7) is 1.85. The smallest absolute Gasteiger partial charge is 0.305 e. The molecule has 7 heteroatoms. The standard InChI is InChI=1S/C12H19ClO5S/c1-9(18-19(2,14)15)11(13)10-8-16-12(17-10)6-4-3-5-7-12/h10H,3-8H2,1-2H3. The Balaban J connectivity index is 2.05. The van der Waals surface area contributed by atoms with Gasteiger partial charge in [-0.3, -0.25) is 0 Å². The van der Waals surface area contributed by atoms with Crippen molar-refractivity contribution in [3.63, 3.8) is 0 Å². The molecule has 0 aromatic rings. The van der Waals surface area contributed by atoms with E-state index in [4.69, 9.17) is 25.3 Å². The topological polar surface area (TPSA) is 61.8 Å². The molecule has 0 aromatic heterocycles. The third kappa shape index (κ3) is 3.84. The SMILES string of the molecule is CC(OS(C)(=O)=O)=C(Cl)C1COC2(CCCCC2)O1. The monoisotopic (exact) mass is 310 g/mol.